The average Bonchev–Trinajstić information content (AvgIpc) is 3.27. The number of aldehydes is 1. The summed E-state index contributed by atoms with van der Waals surface area (Å²) in [6.07, 6.45) is 9.82. The first-order valence-corrected chi connectivity index (χ1v) is 11.6. The second-order valence-electron chi connectivity index (χ2n) is 9.64. The van der Waals surface area contributed by atoms with Gasteiger partial charge in [0.1, 0.15) is 23.8 Å². The lowest BCUT2D eigenvalue weighted by atomic mass is 10.0. The summed E-state index contributed by atoms with van der Waals surface area (Å²) < 4.78 is 11.5. The number of amidine groups is 1. The van der Waals surface area contributed by atoms with E-state index in [1.807, 2.05) is 74.4 Å². The van der Waals surface area contributed by atoms with E-state index in [9.17, 15) is 9.59 Å². The molecule has 2 unspecified atom stereocenters. The largest absolute Gasteiger partial charge is 0.444 e. The van der Waals surface area contributed by atoms with Gasteiger partial charge in [-0.25, -0.2) is 9.79 Å². The van der Waals surface area contributed by atoms with E-state index in [4.69, 9.17) is 9.47 Å². The minimum Gasteiger partial charge on any atom is -0.444 e. The highest BCUT2D eigenvalue weighted by molar-refractivity contribution is 5.98. The summed E-state index contributed by atoms with van der Waals surface area (Å²) in [5.74, 6) is 0.767. The predicted octanol–water partition coefficient (Wildman–Crippen LogP) is 4.18. The van der Waals surface area contributed by atoms with E-state index < -0.39 is 17.9 Å². The summed E-state index contributed by atoms with van der Waals surface area (Å²) in [5, 5.41) is 3.51. The topological polar surface area (TPSA) is 83.5 Å². The highest BCUT2D eigenvalue weighted by Gasteiger charge is 2.31. The van der Waals surface area contributed by atoms with Crippen LogP contribution in [0.3, 0.4) is 0 Å². The molecule has 0 radical (unpaired) electrons. The van der Waals surface area contributed by atoms with Gasteiger partial charge >= 0.3 is 6.09 Å². The average molecular weight is 465 g/mol. The van der Waals surface area contributed by atoms with Crippen molar-refractivity contribution in [1.29, 1.82) is 0 Å². The van der Waals surface area contributed by atoms with Crippen LogP contribution in [-0.4, -0.2) is 65.1 Å². The van der Waals surface area contributed by atoms with E-state index in [0.29, 0.717) is 13.1 Å². The first kappa shape index (κ1) is 23.8. The molecule has 1 saturated heterocycles. The molecule has 3 aliphatic heterocycles. The van der Waals surface area contributed by atoms with Gasteiger partial charge in [0.2, 0.25) is 0 Å². The van der Waals surface area contributed by atoms with E-state index in [1.54, 1.807) is 18.0 Å². The fraction of sp³-hybridized carbons (Fsp3) is 0.423. The third-order valence-electron chi connectivity index (χ3n) is 5.69. The molecule has 34 heavy (non-hydrogen) atoms. The van der Waals surface area contributed by atoms with Gasteiger partial charge in [-0.3, -0.25) is 0 Å². The quantitative estimate of drug-likeness (QED) is 0.636. The first-order chi connectivity index (χ1) is 16.2. The number of carbonyl (C=O) groups excluding carboxylic acids is 2. The summed E-state index contributed by atoms with van der Waals surface area (Å²) in [7, 11) is 0. The van der Waals surface area contributed by atoms with Crippen LogP contribution in [-0.2, 0) is 14.3 Å². The van der Waals surface area contributed by atoms with Crippen LogP contribution < -0.4 is 5.32 Å². The molecule has 3 aliphatic rings. The summed E-state index contributed by atoms with van der Waals surface area (Å²) >= 11 is 0. The Morgan fingerprint density at radius 2 is 2.00 bits per heavy atom. The standard InChI is InChI=1S/C26H32N4O4/c1-18(17-31)33-24-22(15-27-23-7-5-6-13-30(23)24)19-8-10-20(11-9-19)28-21-12-14-29(16-21)25(32)34-26(2,3)4/h5-11,13,15,17-18,21,24,28H,12,14,16H2,1-4H3/t18?,21?,24-/m1/s1. The van der Waals surface area contributed by atoms with Crippen LogP contribution in [0.2, 0.25) is 0 Å². The van der Waals surface area contributed by atoms with Gasteiger partial charge in [0, 0.05) is 42.8 Å². The van der Waals surface area contributed by atoms with E-state index in [-0.39, 0.29) is 12.1 Å². The second kappa shape index (κ2) is 9.85. The number of nitrogens with one attached hydrogen (secondary N) is 1. The third kappa shape index (κ3) is 5.56. The van der Waals surface area contributed by atoms with Crippen molar-refractivity contribution in [3.8, 4) is 0 Å². The Morgan fingerprint density at radius 3 is 2.71 bits per heavy atom. The minimum absolute atomic E-state index is 0.161. The number of likely N-dealkylation sites (tertiary alicyclic amines) is 1. The van der Waals surface area contributed by atoms with Crippen LogP contribution in [0.1, 0.15) is 39.7 Å². The molecular weight excluding hydrogens is 432 g/mol. The van der Waals surface area contributed by atoms with Crippen molar-refractivity contribution in [3.05, 3.63) is 60.5 Å². The Balaban J connectivity index is 1.43. The number of nitrogens with zero attached hydrogens (tertiary/aromatic N) is 3. The summed E-state index contributed by atoms with van der Waals surface area (Å²) in [4.78, 5) is 31.8. The van der Waals surface area contributed by atoms with Gasteiger partial charge in [-0.15, -0.1) is 0 Å². The fourth-order valence-electron chi connectivity index (χ4n) is 4.06. The number of rotatable bonds is 6. The van der Waals surface area contributed by atoms with Crippen molar-refractivity contribution in [2.75, 3.05) is 18.4 Å². The van der Waals surface area contributed by atoms with Crippen molar-refractivity contribution < 1.29 is 19.1 Å². The molecule has 1 N–H and O–H groups in total. The van der Waals surface area contributed by atoms with E-state index >= 15 is 0 Å². The maximum atomic E-state index is 12.3. The number of hydrogen-bond acceptors (Lipinski definition) is 7. The molecule has 8 nitrogen and oxygen atoms in total. The molecule has 180 valence electrons. The van der Waals surface area contributed by atoms with E-state index in [2.05, 4.69) is 10.3 Å². The van der Waals surface area contributed by atoms with Gasteiger partial charge in [-0.1, -0.05) is 18.2 Å². The number of ether oxygens (including phenoxy) is 2. The lowest BCUT2D eigenvalue weighted by Gasteiger charge is -2.36. The Hall–Kier alpha value is -3.39. The Kier molecular flexibility index (Phi) is 6.88. The van der Waals surface area contributed by atoms with Crippen LogP contribution in [0.4, 0.5) is 10.5 Å². The van der Waals surface area contributed by atoms with E-state index in [0.717, 1.165) is 35.4 Å². The Morgan fingerprint density at radius 1 is 1.24 bits per heavy atom. The molecule has 3 atom stereocenters. The molecule has 0 spiro atoms. The van der Waals surface area contributed by atoms with Crippen molar-refractivity contribution >= 4 is 29.5 Å². The summed E-state index contributed by atoms with van der Waals surface area (Å²) in [6, 6.07) is 8.21. The van der Waals surface area contributed by atoms with Crippen molar-refractivity contribution in [3.63, 3.8) is 0 Å². The number of benzene rings is 1. The third-order valence-corrected chi connectivity index (χ3v) is 5.69. The lowest BCUT2D eigenvalue weighted by molar-refractivity contribution is -0.121. The molecule has 4 rings (SSSR count). The van der Waals surface area contributed by atoms with Gasteiger partial charge in [-0.05, 0) is 64.0 Å². The zero-order chi connectivity index (χ0) is 24.3. The molecule has 0 bridgehead atoms. The highest BCUT2D eigenvalue weighted by Crippen LogP contribution is 2.31. The van der Waals surface area contributed by atoms with Gasteiger partial charge in [0.25, 0.3) is 0 Å². The molecule has 1 amide bonds. The lowest BCUT2D eigenvalue weighted by Crippen LogP contribution is -2.42. The summed E-state index contributed by atoms with van der Waals surface area (Å²) in [5.41, 5.74) is 2.31. The Bertz CT molecular complexity index is 1040. The molecule has 0 aromatic heterocycles. The van der Waals surface area contributed by atoms with Crippen LogP contribution in [0, 0.1) is 0 Å². The number of anilines is 1. The maximum absolute atomic E-state index is 12.3. The zero-order valence-electron chi connectivity index (χ0n) is 20.1. The van der Waals surface area contributed by atoms with Crippen LogP contribution >= 0.6 is 0 Å². The molecule has 8 heteroatoms. The maximum Gasteiger partial charge on any atom is 0.410 e. The molecule has 3 heterocycles. The number of fused-ring (bicyclic) bond motifs is 1. The summed E-state index contributed by atoms with van der Waals surface area (Å²) in [6.45, 7) is 8.63. The van der Waals surface area contributed by atoms with Gasteiger partial charge in [-0.2, -0.15) is 0 Å². The second-order valence-corrected chi connectivity index (χ2v) is 9.64. The number of carbonyl (C=O) groups is 2. The highest BCUT2D eigenvalue weighted by atomic mass is 16.6. The van der Waals surface area contributed by atoms with Crippen molar-refractivity contribution in [2.24, 2.45) is 4.99 Å². The normalized spacial score (nSPS) is 22.6. The van der Waals surface area contributed by atoms with Gasteiger partial charge in [0.15, 0.2) is 6.23 Å². The van der Waals surface area contributed by atoms with Crippen LogP contribution in [0.15, 0.2) is 59.9 Å². The minimum atomic E-state index is -0.553. The number of aliphatic imine (C=N–C) groups is 1. The molecule has 1 aromatic rings. The van der Waals surface area contributed by atoms with Gasteiger partial charge in [0.05, 0.1) is 0 Å². The monoisotopic (exact) mass is 464 g/mol. The number of hydrogen-bond donors (Lipinski definition) is 1. The van der Waals surface area contributed by atoms with Crippen molar-refractivity contribution in [1.82, 2.24) is 9.80 Å². The SMILES string of the molecule is CC(C=O)O[C@@H]1C(c2ccc(NC3CCN(C(=O)OC(C)(C)C)C3)cc2)=CN=C2C=CC=CN21. The number of amides is 1. The van der Waals surface area contributed by atoms with Crippen molar-refractivity contribution in [2.45, 2.75) is 58.1 Å². The number of allylic oxidation sites excluding steroid dienone is 2. The van der Waals surface area contributed by atoms with Crippen LogP contribution in [0.5, 0.6) is 0 Å². The molecule has 0 aliphatic carbocycles. The molecule has 1 fully saturated rings. The first-order valence-electron chi connectivity index (χ1n) is 11.6. The molecule has 1 aromatic carbocycles. The van der Waals surface area contributed by atoms with Crippen LogP contribution in [0.25, 0.3) is 5.57 Å². The van der Waals surface area contributed by atoms with E-state index in [1.165, 1.54) is 0 Å². The smallest absolute Gasteiger partial charge is 0.410 e. The Labute approximate surface area is 200 Å². The zero-order valence-corrected chi connectivity index (χ0v) is 20.1. The molecule has 0 saturated carbocycles. The molecular formula is C26H32N4O4. The predicted molar refractivity (Wildman–Crippen MR) is 132 cm³/mol. The van der Waals surface area contributed by atoms with Gasteiger partial charge < -0.3 is 29.4 Å². The fourth-order valence-corrected chi connectivity index (χ4v) is 4.06.